The third kappa shape index (κ3) is 3.07. The van der Waals surface area contributed by atoms with Crippen LogP contribution in [-0.4, -0.2) is 46.8 Å². The molecule has 0 aliphatic carbocycles. The summed E-state index contributed by atoms with van der Waals surface area (Å²) >= 11 is 0. The van der Waals surface area contributed by atoms with E-state index in [1.165, 1.54) is 19.2 Å². The minimum Gasteiger partial charge on any atom is -0.479 e. The van der Waals surface area contributed by atoms with Crippen LogP contribution >= 0.6 is 0 Å². The van der Waals surface area contributed by atoms with Crippen LogP contribution < -0.4 is 4.90 Å². The standard InChI is InChI=1S/C17H18FN3O3/c1-24-17(15(22)23)7-10-21(11-8-17)16-19-9-6-14(20-16)12-2-4-13(18)5-3-12/h2-6,9H,7-8,10-11H2,1H3,(H,22,23). The third-order valence-corrected chi connectivity index (χ3v) is 4.42. The maximum Gasteiger partial charge on any atom is 0.336 e. The van der Waals surface area contributed by atoms with Crippen molar-refractivity contribution in [3.8, 4) is 11.3 Å². The number of carbonyl (C=O) groups is 1. The van der Waals surface area contributed by atoms with Gasteiger partial charge in [-0.05, 0) is 30.3 Å². The van der Waals surface area contributed by atoms with E-state index < -0.39 is 11.6 Å². The van der Waals surface area contributed by atoms with E-state index >= 15 is 0 Å². The molecular formula is C17H18FN3O3. The summed E-state index contributed by atoms with van der Waals surface area (Å²) in [6.45, 7) is 0.986. The molecule has 1 aromatic heterocycles. The largest absolute Gasteiger partial charge is 0.479 e. The molecule has 0 saturated carbocycles. The number of piperidine rings is 1. The smallest absolute Gasteiger partial charge is 0.336 e. The van der Waals surface area contributed by atoms with Gasteiger partial charge in [0.15, 0.2) is 5.60 Å². The normalized spacial score (nSPS) is 16.8. The molecule has 6 nitrogen and oxygen atoms in total. The molecule has 2 aromatic rings. The van der Waals surface area contributed by atoms with Gasteiger partial charge in [-0.3, -0.25) is 0 Å². The molecule has 0 unspecified atom stereocenters. The Labute approximate surface area is 138 Å². The molecule has 1 aromatic carbocycles. The molecule has 0 radical (unpaired) electrons. The molecule has 1 aliphatic heterocycles. The summed E-state index contributed by atoms with van der Waals surface area (Å²) in [6, 6.07) is 7.86. The molecule has 1 saturated heterocycles. The average Bonchev–Trinajstić information content (AvgIpc) is 2.62. The number of aromatic nitrogens is 2. The van der Waals surface area contributed by atoms with Crippen LogP contribution in [0.25, 0.3) is 11.3 Å². The molecule has 3 rings (SSSR count). The van der Waals surface area contributed by atoms with Gasteiger partial charge >= 0.3 is 5.97 Å². The van der Waals surface area contributed by atoms with Gasteiger partial charge in [-0.25, -0.2) is 19.2 Å². The highest BCUT2D eigenvalue weighted by atomic mass is 19.1. The molecule has 1 aliphatic rings. The molecule has 2 heterocycles. The second kappa shape index (κ2) is 6.52. The van der Waals surface area contributed by atoms with Crippen LogP contribution in [0.4, 0.5) is 10.3 Å². The minimum atomic E-state index is -1.13. The highest BCUT2D eigenvalue weighted by Gasteiger charge is 2.42. The number of carboxylic acids is 1. The second-order valence-electron chi connectivity index (χ2n) is 5.74. The van der Waals surface area contributed by atoms with Gasteiger partial charge in [0.2, 0.25) is 5.95 Å². The topological polar surface area (TPSA) is 75.6 Å². The number of hydrogen-bond donors (Lipinski definition) is 1. The zero-order chi connectivity index (χ0) is 17.2. The Morgan fingerprint density at radius 2 is 1.92 bits per heavy atom. The average molecular weight is 331 g/mol. The van der Waals surface area contributed by atoms with Crippen LogP contribution in [0, 0.1) is 5.82 Å². The first-order valence-electron chi connectivity index (χ1n) is 7.66. The van der Waals surface area contributed by atoms with Crippen molar-refractivity contribution in [3.05, 3.63) is 42.3 Å². The minimum absolute atomic E-state index is 0.298. The van der Waals surface area contributed by atoms with Crippen molar-refractivity contribution in [3.63, 3.8) is 0 Å². The van der Waals surface area contributed by atoms with E-state index in [2.05, 4.69) is 9.97 Å². The molecule has 0 amide bonds. The van der Waals surface area contributed by atoms with Crippen molar-refractivity contribution in [1.82, 2.24) is 9.97 Å². The van der Waals surface area contributed by atoms with Crippen molar-refractivity contribution >= 4 is 11.9 Å². The summed E-state index contributed by atoms with van der Waals surface area (Å²) in [5, 5.41) is 9.36. The molecule has 0 spiro atoms. The fourth-order valence-corrected chi connectivity index (χ4v) is 2.86. The second-order valence-corrected chi connectivity index (χ2v) is 5.74. The Balaban J connectivity index is 1.78. The maximum atomic E-state index is 13.0. The predicted molar refractivity (Wildman–Crippen MR) is 86.2 cm³/mol. The molecule has 1 N–H and O–H groups in total. The first-order valence-corrected chi connectivity index (χ1v) is 7.66. The number of nitrogens with zero attached hydrogens (tertiary/aromatic N) is 3. The lowest BCUT2D eigenvalue weighted by Gasteiger charge is -2.37. The third-order valence-electron chi connectivity index (χ3n) is 4.42. The summed E-state index contributed by atoms with van der Waals surface area (Å²) in [5.74, 6) is -0.703. The number of ether oxygens (including phenoxy) is 1. The van der Waals surface area contributed by atoms with E-state index in [1.54, 1.807) is 24.4 Å². The van der Waals surface area contributed by atoms with Crippen LogP contribution in [0.5, 0.6) is 0 Å². The quantitative estimate of drug-likeness (QED) is 0.927. The van der Waals surface area contributed by atoms with Crippen molar-refractivity contribution in [2.75, 3.05) is 25.1 Å². The first-order chi connectivity index (χ1) is 11.5. The van der Waals surface area contributed by atoms with Crippen molar-refractivity contribution in [2.24, 2.45) is 0 Å². The highest BCUT2D eigenvalue weighted by molar-refractivity contribution is 5.78. The Bertz CT molecular complexity index is 728. The van der Waals surface area contributed by atoms with Gasteiger partial charge in [-0.1, -0.05) is 0 Å². The Morgan fingerprint density at radius 3 is 2.50 bits per heavy atom. The summed E-state index contributed by atoms with van der Waals surface area (Å²) in [5.41, 5.74) is 0.362. The number of hydrogen-bond acceptors (Lipinski definition) is 5. The van der Waals surface area contributed by atoms with Crippen LogP contribution in [0.1, 0.15) is 12.8 Å². The number of rotatable bonds is 4. The number of aliphatic carboxylic acids is 1. The molecule has 1 fully saturated rings. The molecule has 0 atom stereocenters. The lowest BCUT2D eigenvalue weighted by molar-refractivity contribution is -0.164. The number of carboxylic acid groups (broad SMARTS) is 1. The van der Waals surface area contributed by atoms with E-state index in [1.807, 2.05) is 4.90 Å². The lowest BCUT2D eigenvalue weighted by atomic mass is 9.91. The molecular weight excluding hydrogens is 313 g/mol. The zero-order valence-corrected chi connectivity index (χ0v) is 13.3. The SMILES string of the molecule is COC1(C(=O)O)CCN(c2nccc(-c3ccc(F)cc3)n2)CC1. The van der Waals surface area contributed by atoms with E-state index in [4.69, 9.17) is 4.74 Å². The molecule has 126 valence electrons. The van der Waals surface area contributed by atoms with Gasteiger partial charge < -0.3 is 14.7 Å². The lowest BCUT2D eigenvalue weighted by Crippen LogP contribution is -2.51. The summed E-state index contributed by atoms with van der Waals surface area (Å²) < 4.78 is 18.3. The van der Waals surface area contributed by atoms with Crippen LogP contribution in [0.15, 0.2) is 36.5 Å². The fraction of sp³-hybridized carbons (Fsp3) is 0.353. The Hall–Kier alpha value is -2.54. The van der Waals surface area contributed by atoms with Crippen LogP contribution in [0.2, 0.25) is 0 Å². The Kier molecular flexibility index (Phi) is 4.44. The Morgan fingerprint density at radius 1 is 1.25 bits per heavy atom. The summed E-state index contributed by atoms with van der Waals surface area (Å²) in [6.07, 6.45) is 2.38. The van der Waals surface area contributed by atoms with Crippen molar-refractivity contribution in [1.29, 1.82) is 0 Å². The van der Waals surface area contributed by atoms with Gasteiger partial charge in [0, 0.05) is 44.8 Å². The van der Waals surface area contributed by atoms with Crippen LogP contribution in [0.3, 0.4) is 0 Å². The van der Waals surface area contributed by atoms with E-state index in [0.717, 1.165) is 5.56 Å². The van der Waals surface area contributed by atoms with Gasteiger partial charge in [-0.15, -0.1) is 0 Å². The summed E-state index contributed by atoms with van der Waals surface area (Å²) in [7, 11) is 1.43. The maximum absolute atomic E-state index is 13.0. The summed E-state index contributed by atoms with van der Waals surface area (Å²) in [4.78, 5) is 22.1. The van der Waals surface area contributed by atoms with Gasteiger partial charge in [-0.2, -0.15) is 0 Å². The predicted octanol–water partition coefficient (Wildman–Crippen LogP) is 2.35. The molecule has 0 bridgehead atoms. The van der Waals surface area contributed by atoms with Gasteiger partial charge in [0.1, 0.15) is 5.82 Å². The van der Waals surface area contributed by atoms with Crippen molar-refractivity contribution in [2.45, 2.75) is 18.4 Å². The highest BCUT2D eigenvalue weighted by Crippen LogP contribution is 2.28. The van der Waals surface area contributed by atoms with Crippen molar-refractivity contribution < 1.29 is 19.0 Å². The fourth-order valence-electron chi connectivity index (χ4n) is 2.86. The van der Waals surface area contributed by atoms with Gasteiger partial charge in [0.25, 0.3) is 0 Å². The number of anilines is 1. The number of methoxy groups -OCH3 is 1. The molecule has 24 heavy (non-hydrogen) atoms. The number of benzene rings is 1. The monoisotopic (exact) mass is 331 g/mol. The van der Waals surface area contributed by atoms with Crippen LogP contribution in [-0.2, 0) is 9.53 Å². The van der Waals surface area contributed by atoms with E-state index in [0.29, 0.717) is 37.6 Å². The molecule has 7 heteroatoms. The zero-order valence-electron chi connectivity index (χ0n) is 13.3. The van der Waals surface area contributed by atoms with Gasteiger partial charge in [0.05, 0.1) is 5.69 Å². The van der Waals surface area contributed by atoms with E-state index in [9.17, 15) is 14.3 Å². The van der Waals surface area contributed by atoms with E-state index in [-0.39, 0.29) is 5.82 Å². The number of halogens is 1. The first kappa shape index (κ1) is 16.3.